The molecule has 0 spiro atoms. The van der Waals surface area contributed by atoms with E-state index in [-0.39, 0.29) is 17.8 Å². The molecule has 0 aliphatic heterocycles. The summed E-state index contributed by atoms with van der Waals surface area (Å²) in [4.78, 5) is 28.9. The monoisotopic (exact) mass is 483 g/mol. The predicted molar refractivity (Wildman–Crippen MR) is 139 cm³/mol. The van der Waals surface area contributed by atoms with Crippen molar-refractivity contribution in [2.45, 2.75) is 32.4 Å². The lowest BCUT2D eigenvalue weighted by atomic mass is 9.98. The molecule has 1 aliphatic rings. The maximum absolute atomic E-state index is 13.3. The van der Waals surface area contributed by atoms with Gasteiger partial charge >= 0.3 is 0 Å². The van der Waals surface area contributed by atoms with Gasteiger partial charge in [-0.2, -0.15) is 0 Å². The average Bonchev–Trinajstić information content (AvgIpc) is 3.34. The van der Waals surface area contributed by atoms with Gasteiger partial charge in [0, 0.05) is 37.0 Å². The number of hydrogen-bond donors (Lipinski definition) is 4. The van der Waals surface area contributed by atoms with Crippen molar-refractivity contribution in [2.75, 3.05) is 11.1 Å². The molecule has 5 N–H and O–H groups in total. The molecule has 0 fully saturated rings. The first-order valence-electron chi connectivity index (χ1n) is 11.7. The number of amides is 1. The summed E-state index contributed by atoms with van der Waals surface area (Å²) in [5.74, 6) is 0.530. The van der Waals surface area contributed by atoms with Crippen molar-refractivity contribution >= 4 is 28.6 Å². The smallest absolute Gasteiger partial charge is 0.255 e. The minimum Gasteiger partial charge on any atom is -0.383 e. The Hall–Kier alpha value is -4.53. The number of carbonyl (C=O) groups is 1. The van der Waals surface area contributed by atoms with E-state index >= 15 is 0 Å². The van der Waals surface area contributed by atoms with E-state index in [1.807, 2.05) is 31.3 Å². The first-order chi connectivity index (χ1) is 17.5. The highest BCUT2D eigenvalue weighted by Gasteiger charge is 2.18. The number of fused-ring (bicyclic) bond motifs is 1. The molecule has 0 radical (unpaired) electrons. The van der Waals surface area contributed by atoms with Crippen LogP contribution in [-0.2, 0) is 6.54 Å². The second-order valence-electron chi connectivity index (χ2n) is 8.69. The van der Waals surface area contributed by atoms with Crippen LogP contribution in [0.15, 0.2) is 78.7 Å². The lowest BCUT2D eigenvalue weighted by Crippen LogP contribution is -2.34. The molecule has 3 heterocycles. The molecule has 9 heteroatoms. The Morgan fingerprint density at radius 3 is 2.89 bits per heavy atom. The van der Waals surface area contributed by atoms with Crippen LogP contribution in [0.3, 0.4) is 0 Å². The number of allylic oxidation sites excluding steroid dienone is 3. The fourth-order valence-electron chi connectivity index (χ4n) is 4.33. The molecule has 4 aromatic rings. The Balaban J connectivity index is 1.31. The molecule has 1 amide bonds. The van der Waals surface area contributed by atoms with Crippen molar-refractivity contribution in [3.8, 4) is 11.1 Å². The number of carbonyl (C=O) groups excluding carboxylic acids is 1. The zero-order valence-electron chi connectivity index (χ0n) is 19.8. The summed E-state index contributed by atoms with van der Waals surface area (Å²) in [5.41, 5.74) is 11.1. The van der Waals surface area contributed by atoms with E-state index in [9.17, 15) is 9.18 Å². The highest BCUT2D eigenvalue weighted by atomic mass is 19.1. The van der Waals surface area contributed by atoms with E-state index in [1.54, 1.807) is 24.4 Å². The Morgan fingerprint density at radius 1 is 1.17 bits per heavy atom. The lowest BCUT2D eigenvalue weighted by molar-refractivity contribution is 0.0945. The number of pyridine rings is 1. The largest absolute Gasteiger partial charge is 0.383 e. The van der Waals surface area contributed by atoms with Gasteiger partial charge < -0.3 is 21.4 Å². The van der Waals surface area contributed by atoms with Gasteiger partial charge in [-0.15, -0.1) is 0 Å². The van der Waals surface area contributed by atoms with Crippen LogP contribution < -0.4 is 16.4 Å². The molecule has 1 aliphatic carbocycles. The summed E-state index contributed by atoms with van der Waals surface area (Å²) in [5, 5.41) is 7.07. The molecule has 1 aromatic carbocycles. The predicted octanol–water partition coefficient (Wildman–Crippen LogP) is 4.91. The number of rotatable bonds is 7. The fraction of sp³-hybridized carbons (Fsp3) is 0.185. The first kappa shape index (κ1) is 23.2. The Morgan fingerprint density at radius 2 is 2.06 bits per heavy atom. The number of benzene rings is 1. The summed E-state index contributed by atoms with van der Waals surface area (Å²) in [6.07, 6.45) is 9.11. The van der Waals surface area contributed by atoms with Crippen LogP contribution >= 0.6 is 0 Å². The number of nitrogens with zero attached hydrogens (tertiary/aromatic N) is 3. The second kappa shape index (κ2) is 9.99. The Labute approximate surface area is 207 Å². The number of aromatic amines is 1. The molecular weight excluding hydrogens is 457 g/mol. The zero-order chi connectivity index (χ0) is 25.1. The number of hydrogen-bond acceptors (Lipinski definition) is 6. The molecule has 1 unspecified atom stereocenters. The van der Waals surface area contributed by atoms with Crippen LogP contribution in [0.2, 0.25) is 0 Å². The number of aromatic nitrogens is 4. The van der Waals surface area contributed by atoms with Gasteiger partial charge in [-0.25, -0.2) is 19.3 Å². The summed E-state index contributed by atoms with van der Waals surface area (Å²) >= 11 is 0. The molecule has 36 heavy (non-hydrogen) atoms. The fourth-order valence-corrected chi connectivity index (χ4v) is 4.33. The normalized spacial score (nSPS) is 14.2. The van der Waals surface area contributed by atoms with Crippen molar-refractivity contribution in [1.29, 1.82) is 0 Å². The number of halogens is 1. The standard InChI is InChI=1S/C27H26FN7O/c1-16(18-7-9-20(28)10-8-18)35-27(36)21-6-3-11-30-25(21)31-13-17-4-2-5-19(12-17)22-14-32-26-23(22)24(29)33-15-34-26/h2-7,9,11-12,14-16H,8,10,13H2,1H3,(H,30,31)(H,35,36)(H3,29,32,33,34). The van der Waals surface area contributed by atoms with Gasteiger partial charge in [-0.05, 0) is 54.3 Å². The molecule has 0 saturated carbocycles. The van der Waals surface area contributed by atoms with Gasteiger partial charge in [-0.3, -0.25) is 4.79 Å². The van der Waals surface area contributed by atoms with E-state index in [4.69, 9.17) is 5.73 Å². The number of nitrogens with two attached hydrogens (primary N) is 1. The molecule has 0 saturated heterocycles. The van der Waals surface area contributed by atoms with Gasteiger partial charge in [0.05, 0.1) is 10.9 Å². The molecule has 8 nitrogen and oxygen atoms in total. The van der Waals surface area contributed by atoms with Gasteiger partial charge in [0.1, 0.15) is 29.4 Å². The average molecular weight is 484 g/mol. The molecule has 3 aromatic heterocycles. The SMILES string of the molecule is CC(NC(=O)c1cccnc1NCc1cccc(-c2c[nH]c3ncnc(N)c23)c1)C1=CC=C(F)CC1. The number of nitrogen functional groups attached to an aromatic ring is 1. The highest BCUT2D eigenvalue weighted by Crippen LogP contribution is 2.31. The van der Waals surface area contributed by atoms with E-state index in [0.29, 0.717) is 42.2 Å². The van der Waals surface area contributed by atoms with Crippen LogP contribution in [0.1, 0.15) is 35.7 Å². The molecule has 5 rings (SSSR count). The Kier molecular flexibility index (Phi) is 6.44. The van der Waals surface area contributed by atoms with Crippen molar-refractivity contribution < 1.29 is 9.18 Å². The Bertz CT molecular complexity index is 1490. The van der Waals surface area contributed by atoms with Crippen molar-refractivity contribution in [1.82, 2.24) is 25.3 Å². The summed E-state index contributed by atoms with van der Waals surface area (Å²) < 4.78 is 13.3. The first-order valence-corrected chi connectivity index (χ1v) is 11.7. The molecular formula is C27H26FN7O. The summed E-state index contributed by atoms with van der Waals surface area (Å²) in [7, 11) is 0. The minimum atomic E-state index is -0.239. The van der Waals surface area contributed by atoms with Crippen LogP contribution in [0.25, 0.3) is 22.2 Å². The van der Waals surface area contributed by atoms with Crippen molar-refractivity contribution in [3.05, 3.63) is 89.8 Å². The number of anilines is 2. The van der Waals surface area contributed by atoms with Crippen LogP contribution in [0.4, 0.5) is 16.0 Å². The third kappa shape index (κ3) is 4.81. The van der Waals surface area contributed by atoms with Crippen LogP contribution in [-0.4, -0.2) is 31.9 Å². The zero-order valence-corrected chi connectivity index (χ0v) is 19.8. The topological polar surface area (TPSA) is 122 Å². The molecule has 0 bridgehead atoms. The number of H-pyrrole nitrogens is 1. The highest BCUT2D eigenvalue weighted by molar-refractivity contribution is 6.00. The summed E-state index contributed by atoms with van der Waals surface area (Å²) in [6, 6.07) is 11.3. The van der Waals surface area contributed by atoms with E-state index in [2.05, 4.69) is 36.6 Å². The lowest BCUT2D eigenvalue weighted by Gasteiger charge is -2.20. The third-order valence-corrected chi connectivity index (χ3v) is 6.28. The van der Waals surface area contributed by atoms with Gasteiger partial charge in [0.2, 0.25) is 0 Å². The van der Waals surface area contributed by atoms with Crippen LogP contribution in [0, 0.1) is 0 Å². The van der Waals surface area contributed by atoms with Crippen molar-refractivity contribution in [3.63, 3.8) is 0 Å². The van der Waals surface area contributed by atoms with Crippen LogP contribution in [0.5, 0.6) is 0 Å². The quantitative estimate of drug-likeness (QED) is 0.296. The third-order valence-electron chi connectivity index (χ3n) is 6.28. The molecule has 182 valence electrons. The maximum atomic E-state index is 13.3. The van der Waals surface area contributed by atoms with E-state index < -0.39 is 0 Å². The van der Waals surface area contributed by atoms with Gasteiger partial charge in [-0.1, -0.05) is 24.3 Å². The maximum Gasteiger partial charge on any atom is 0.255 e. The molecule has 1 atom stereocenters. The van der Waals surface area contributed by atoms with Gasteiger partial charge in [0.25, 0.3) is 5.91 Å². The summed E-state index contributed by atoms with van der Waals surface area (Å²) in [6.45, 7) is 2.36. The van der Waals surface area contributed by atoms with Gasteiger partial charge in [0.15, 0.2) is 0 Å². The minimum absolute atomic E-state index is 0.137. The van der Waals surface area contributed by atoms with E-state index in [1.165, 1.54) is 12.4 Å². The van der Waals surface area contributed by atoms with Crippen molar-refractivity contribution in [2.24, 2.45) is 0 Å². The van der Waals surface area contributed by atoms with E-state index in [0.717, 1.165) is 27.6 Å². The number of nitrogens with one attached hydrogen (secondary N) is 3. The second-order valence-corrected chi connectivity index (χ2v) is 8.69.